The van der Waals surface area contributed by atoms with Crippen LogP contribution in [0.1, 0.15) is 6.42 Å². The van der Waals surface area contributed by atoms with Crippen LogP contribution in [-0.4, -0.2) is 16.4 Å². The molecular weight excluding hydrogens is 287 g/mol. The standard InChI is InChI=1S/C12H12BrFN2O/c13-10-8-15-16(9-10)6-1-7-17-12-4-2-11(14)3-5-12/h2-5,8-9H,1,6-7H2. The van der Waals surface area contributed by atoms with Crippen molar-refractivity contribution in [3.05, 3.63) is 46.9 Å². The highest BCUT2D eigenvalue weighted by Crippen LogP contribution is 2.11. The van der Waals surface area contributed by atoms with E-state index >= 15 is 0 Å². The molecule has 17 heavy (non-hydrogen) atoms. The lowest BCUT2D eigenvalue weighted by molar-refractivity contribution is 0.298. The summed E-state index contributed by atoms with van der Waals surface area (Å²) in [5.74, 6) is 0.437. The lowest BCUT2D eigenvalue weighted by Gasteiger charge is -2.05. The van der Waals surface area contributed by atoms with Gasteiger partial charge in [0.2, 0.25) is 0 Å². The van der Waals surface area contributed by atoms with Gasteiger partial charge in [0.05, 0.1) is 17.3 Å². The first-order valence-corrected chi connectivity index (χ1v) is 6.10. The summed E-state index contributed by atoms with van der Waals surface area (Å²) in [6.45, 7) is 1.38. The number of hydrogen-bond acceptors (Lipinski definition) is 2. The van der Waals surface area contributed by atoms with Crippen molar-refractivity contribution in [2.24, 2.45) is 0 Å². The van der Waals surface area contributed by atoms with Crippen LogP contribution < -0.4 is 4.74 Å². The number of aryl methyl sites for hydroxylation is 1. The molecule has 0 saturated heterocycles. The molecule has 0 radical (unpaired) electrons. The van der Waals surface area contributed by atoms with E-state index in [-0.39, 0.29) is 5.82 Å². The number of rotatable bonds is 5. The van der Waals surface area contributed by atoms with Gasteiger partial charge in [0.25, 0.3) is 0 Å². The van der Waals surface area contributed by atoms with Gasteiger partial charge >= 0.3 is 0 Å². The van der Waals surface area contributed by atoms with E-state index < -0.39 is 0 Å². The Morgan fingerprint density at radius 1 is 1.29 bits per heavy atom. The second-order valence-corrected chi connectivity index (χ2v) is 4.49. The van der Waals surface area contributed by atoms with Crippen LogP contribution in [0.2, 0.25) is 0 Å². The number of aromatic nitrogens is 2. The fourth-order valence-electron chi connectivity index (χ4n) is 1.41. The zero-order valence-electron chi connectivity index (χ0n) is 9.14. The fraction of sp³-hybridized carbons (Fsp3) is 0.250. The summed E-state index contributed by atoms with van der Waals surface area (Å²) >= 11 is 3.33. The smallest absolute Gasteiger partial charge is 0.123 e. The fourth-order valence-corrected chi connectivity index (χ4v) is 1.74. The van der Waals surface area contributed by atoms with Crippen LogP contribution in [-0.2, 0) is 6.54 Å². The van der Waals surface area contributed by atoms with Gasteiger partial charge in [-0.25, -0.2) is 4.39 Å². The first-order chi connectivity index (χ1) is 8.24. The van der Waals surface area contributed by atoms with E-state index in [1.807, 2.05) is 10.9 Å². The summed E-state index contributed by atoms with van der Waals surface area (Å²) in [6, 6.07) is 6.03. The molecule has 0 aliphatic heterocycles. The van der Waals surface area contributed by atoms with Gasteiger partial charge in [-0.05, 0) is 40.2 Å². The Labute approximate surface area is 107 Å². The third-order valence-corrected chi connectivity index (χ3v) is 2.63. The van der Waals surface area contributed by atoms with Crippen LogP contribution in [0.3, 0.4) is 0 Å². The van der Waals surface area contributed by atoms with Gasteiger partial charge in [0, 0.05) is 19.2 Å². The molecule has 0 aliphatic rings. The third kappa shape index (κ3) is 3.85. The molecule has 2 aromatic rings. The molecular formula is C12H12BrFN2O. The zero-order chi connectivity index (χ0) is 12.1. The maximum atomic E-state index is 12.6. The molecule has 0 saturated carbocycles. The van der Waals surface area contributed by atoms with Crippen molar-refractivity contribution in [3.63, 3.8) is 0 Å². The lowest BCUT2D eigenvalue weighted by Crippen LogP contribution is -2.04. The predicted molar refractivity (Wildman–Crippen MR) is 66.4 cm³/mol. The first kappa shape index (κ1) is 12.1. The quantitative estimate of drug-likeness (QED) is 0.792. The van der Waals surface area contributed by atoms with Crippen LogP contribution in [0.4, 0.5) is 4.39 Å². The maximum absolute atomic E-state index is 12.6. The Morgan fingerprint density at radius 3 is 2.71 bits per heavy atom. The highest BCUT2D eigenvalue weighted by atomic mass is 79.9. The van der Waals surface area contributed by atoms with Gasteiger partial charge in [-0.3, -0.25) is 4.68 Å². The second kappa shape index (κ2) is 5.82. The number of hydrogen-bond donors (Lipinski definition) is 0. The van der Waals surface area contributed by atoms with Crippen molar-refractivity contribution < 1.29 is 9.13 Å². The molecule has 0 amide bonds. The molecule has 0 N–H and O–H groups in total. The summed E-state index contributed by atoms with van der Waals surface area (Å²) < 4.78 is 20.9. The molecule has 1 aromatic heterocycles. The highest BCUT2D eigenvalue weighted by molar-refractivity contribution is 9.10. The largest absolute Gasteiger partial charge is 0.494 e. The minimum absolute atomic E-state index is 0.251. The Morgan fingerprint density at radius 2 is 2.06 bits per heavy atom. The Hall–Kier alpha value is -1.36. The van der Waals surface area contributed by atoms with Gasteiger partial charge in [-0.1, -0.05) is 0 Å². The molecule has 2 rings (SSSR count). The van der Waals surface area contributed by atoms with Crippen LogP contribution in [0.25, 0.3) is 0 Å². The van der Waals surface area contributed by atoms with Gasteiger partial charge < -0.3 is 4.74 Å². The average Bonchev–Trinajstić information content (AvgIpc) is 2.73. The van der Waals surface area contributed by atoms with Gasteiger partial charge in [0.1, 0.15) is 11.6 Å². The maximum Gasteiger partial charge on any atom is 0.123 e. The van der Waals surface area contributed by atoms with E-state index in [2.05, 4.69) is 21.0 Å². The lowest BCUT2D eigenvalue weighted by atomic mass is 10.3. The van der Waals surface area contributed by atoms with E-state index in [1.54, 1.807) is 18.3 Å². The molecule has 0 unspecified atom stereocenters. The number of halogens is 2. The van der Waals surface area contributed by atoms with Gasteiger partial charge in [-0.15, -0.1) is 0 Å². The monoisotopic (exact) mass is 298 g/mol. The average molecular weight is 299 g/mol. The molecule has 5 heteroatoms. The minimum atomic E-state index is -0.251. The summed E-state index contributed by atoms with van der Waals surface area (Å²) in [5, 5.41) is 4.14. The summed E-state index contributed by atoms with van der Waals surface area (Å²) in [7, 11) is 0. The summed E-state index contributed by atoms with van der Waals surface area (Å²) in [5.41, 5.74) is 0. The van der Waals surface area contributed by atoms with E-state index in [0.29, 0.717) is 12.4 Å². The predicted octanol–water partition coefficient (Wildman–Crippen LogP) is 3.25. The van der Waals surface area contributed by atoms with Crippen molar-refractivity contribution >= 4 is 15.9 Å². The molecule has 1 aromatic carbocycles. The van der Waals surface area contributed by atoms with Gasteiger partial charge in [0.15, 0.2) is 0 Å². The normalized spacial score (nSPS) is 10.5. The van der Waals surface area contributed by atoms with Crippen LogP contribution in [0, 0.1) is 5.82 Å². The van der Waals surface area contributed by atoms with E-state index in [0.717, 1.165) is 17.4 Å². The first-order valence-electron chi connectivity index (χ1n) is 5.30. The zero-order valence-corrected chi connectivity index (χ0v) is 10.7. The van der Waals surface area contributed by atoms with Crippen LogP contribution in [0.15, 0.2) is 41.1 Å². The Balaban J connectivity index is 1.71. The Bertz CT molecular complexity index is 470. The summed E-state index contributed by atoms with van der Waals surface area (Å²) in [6.07, 6.45) is 4.52. The van der Waals surface area contributed by atoms with E-state index in [9.17, 15) is 4.39 Å². The van der Waals surface area contributed by atoms with Crippen molar-refractivity contribution in [1.29, 1.82) is 0 Å². The SMILES string of the molecule is Fc1ccc(OCCCn2cc(Br)cn2)cc1. The van der Waals surface area contributed by atoms with Crippen molar-refractivity contribution in [2.45, 2.75) is 13.0 Å². The molecule has 90 valence electrons. The van der Waals surface area contributed by atoms with Crippen molar-refractivity contribution in [3.8, 4) is 5.75 Å². The number of nitrogens with zero attached hydrogens (tertiary/aromatic N) is 2. The Kier molecular flexibility index (Phi) is 4.14. The molecule has 1 heterocycles. The molecule has 0 aliphatic carbocycles. The topological polar surface area (TPSA) is 27.1 Å². The molecule has 0 spiro atoms. The molecule has 0 bridgehead atoms. The number of benzene rings is 1. The van der Waals surface area contributed by atoms with Gasteiger partial charge in [-0.2, -0.15) is 5.10 Å². The molecule has 0 atom stereocenters. The molecule has 0 fully saturated rings. The minimum Gasteiger partial charge on any atom is -0.494 e. The van der Waals surface area contributed by atoms with E-state index in [4.69, 9.17) is 4.74 Å². The third-order valence-electron chi connectivity index (χ3n) is 2.22. The second-order valence-electron chi connectivity index (χ2n) is 3.58. The van der Waals surface area contributed by atoms with E-state index in [1.165, 1.54) is 12.1 Å². The number of ether oxygens (including phenoxy) is 1. The van der Waals surface area contributed by atoms with Crippen LogP contribution in [0.5, 0.6) is 5.75 Å². The van der Waals surface area contributed by atoms with Crippen LogP contribution >= 0.6 is 15.9 Å². The molecule has 3 nitrogen and oxygen atoms in total. The van der Waals surface area contributed by atoms with Crippen molar-refractivity contribution in [1.82, 2.24) is 9.78 Å². The highest BCUT2D eigenvalue weighted by Gasteiger charge is 1.97. The van der Waals surface area contributed by atoms with Crippen molar-refractivity contribution in [2.75, 3.05) is 6.61 Å². The summed E-state index contributed by atoms with van der Waals surface area (Å²) in [4.78, 5) is 0.